The first kappa shape index (κ1) is 18.5. The molecule has 0 saturated heterocycles. The Morgan fingerprint density at radius 1 is 1.14 bits per heavy atom. The van der Waals surface area contributed by atoms with Crippen LogP contribution >= 0.6 is 0 Å². The number of carbonyl (C=O) groups excluding carboxylic acids is 1. The van der Waals surface area contributed by atoms with Gasteiger partial charge in [-0.3, -0.25) is 4.79 Å². The lowest BCUT2D eigenvalue weighted by Crippen LogP contribution is -2.36. The lowest BCUT2D eigenvalue weighted by atomic mass is 9.95. The molecule has 1 saturated carbocycles. The van der Waals surface area contributed by atoms with Crippen molar-refractivity contribution in [2.45, 2.75) is 44.6 Å². The van der Waals surface area contributed by atoms with E-state index in [-0.39, 0.29) is 34.5 Å². The van der Waals surface area contributed by atoms with Gasteiger partial charge in [-0.25, -0.2) is 22.7 Å². The summed E-state index contributed by atoms with van der Waals surface area (Å²) in [5.41, 5.74) is 0.545. The van der Waals surface area contributed by atoms with Crippen LogP contribution in [-0.2, 0) is 0 Å². The number of halogens is 3. The third-order valence-corrected chi connectivity index (χ3v) is 5.05. The van der Waals surface area contributed by atoms with E-state index in [0.29, 0.717) is 5.56 Å². The second-order valence-electron chi connectivity index (χ2n) is 6.98. The summed E-state index contributed by atoms with van der Waals surface area (Å²) in [5, 5.41) is 6.92. The van der Waals surface area contributed by atoms with Gasteiger partial charge < -0.3 is 5.32 Å². The van der Waals surface area contributed by atoms with Gasteiger partial charge in [0.15, 0.2) is 5.65 Å². The summed E-state index contributed by atoms with van der Waals surface area (Å²) in [7, 11) is 0. The highest BCUT2D eigenvalue weighted by Crippen LogP contribution is 2.27. The van der Waals surface area contributed by atoms with Crippen LogP contribution in [0.3, 0.4) is 0 Å². The van der Waals surface area contributed by atoms with Crippen molar-refractivity contribution in [1.29, 1.82) is 0 Å². The smallest absolute Gasteiger partial charge is 0.280 e. The third-order valence-electron chi connectivity index (χ3n) is 5.05. The number of aromatic nitrogens is 3. The molecule has 1 aliphatic rings. The standard InChI is InChI=1S/C20H19F3N4O/c21-13-8-6-12(7-9-13)16-10-17(18(22)23)27-19(26-16)15(11-24-27)20(28)25-14-4-2-1-3-5-14/h6-11,14,18H,1-5H2,(H,25,28). The zero-order chi connectivity index (χ0) is 19.7. The van der Waals surface area contributed by atoms with Crippen molar-refractivity contribution >= 4 is 11.6 Å². The number of nitrogens with zero attached hydrogens (tertiary/aromatic N) is 3. The normalized spacial score (nSPS) is 15.3. The van der Waals surface area contributed by atoms with E-state index in [9.17, 15) is 18.0 Å². The highest BCUT2D eigenvalue weighted by Gasteiger charge is 2.23. The number of alkyl halides is 2. The van der Waals surface area contributed by atoms with Gasteiger partial charge in [-0.05, 0) is 43.2 Å². The van der Waals surface area contributed by atoms with E-state index in [4.69, 9.17) is 0 Å². The van der Waals surface area contributed by atoms with Crippen molar-refractivity contribution in [2.75, 3.05) is 0 Å². The summed E-state index contributed by atoms with van der Waals surface area (Å²) in [6.07, 6.45) is 3.54. The van der Waals surface area contributed by atoms with Crippen LogP contribution in [0.1, 0.15) is 54.6 Å². The molecule has 4 rings (SSSR count). The average Bonchev–Trinajstić information content (AvgIpc) is 3.12. The van der Waals surface area contributed by atoms with Crippen LogP contribution in [0.4, 0.5) is 13.2 Å². The summed E-state index contributed by atoms with van der Waals surface area (Å²) >= 11 is 0. The Balaban J connectivity index is 1.75. The van der Waals surface area contributed by atoms with Crippen LogP contribution in [-0.4, -0.2) is 26.5 Å². The SMILES string of the molecule is O=C(NC1CCCCC1)c1cnn2c(C(F)F)cc(-c3ccc(F)cc3)nc12. The molecule has 1 fully saturated rings. The zero-order valence-corrected chi connectivity index (χ0v) is 15.0. The molecular weight excluding hydrogens is 369 g/mol. The maximum absolute atomic E-state index is 13.6. The maximum atomic E-state index is 13.6. The summed E-state index contributed by atoms with van der Waals surface area (Å²) in [4.78, 5) is 17.1. The quantitative estimate of drug-likeness (QED) is 0.714. The van der Waals surface area contributed by atoms with E-state index in [0.717, 1.165) is 36.6 Å². The van der Waals surface area contributed by atoms with Crippen molar-refractivity contribution in [3.8, 4) is 11.3 Å². The highest BCUT2D eigenvalue weighted by molar-refractivity contribution is 6.00. The number of rotatable bonds is 4. The highest BCUT2D eigenvalue weighted by atomic mass is 19.3. The fraction of sp³-hybridized carbons (Fsp3) is 0.350. The lowest BCUT2D eigenvalue weighted by molar-refractivity contribution is 0.0929. The third kappa shape index (κ3) is 3.58. The number of hydrogen-bond acceptors (Lipinski definition) is 3. The molecule has 1 amide bonds. The number of nitrogens with one attached hydrogen (secondary N) is 1. The largest absolute Gasteiger partial charge is 0.349 e. The van der Waals surface area contributed by atoms with Crippen molar-refractivity contribution in [3.63, 3.8) is 0 Å². The molecule has 0 radical (unpaired) electrons. The van der Waals surface area contributed by atoms with Crippen molar-refractivity contribution < 1.29 is 18.0 Å². The predicted molar refractivity (Wildman–Crippen MR) is 97.7 cm³/mol. The number of fused-ring (bicyclic) bond motifs is 1. The van der Waals surface area contributed by atoms with E-state index in [1.54, 1.807) is 0 Å². The molecular formula is C20H19F3N4O. The van der Waals surface area contributed by atoms with Crippen LogP contribution in [0.5, 0.6) is 0 Å². The first-order valence-corrected chi connectivity index (χ1v) is 9.26. The molecule has 5 nitrogen and oxygen atoms in total. The molecule has 0 bridgehead atoms. The van der Waals surface area contributed by atoms with Gasteiger partial charge in [0.2, 0.25) is 0 Å². The Hall–Kier alpha value is -2.90. The monoisotopic (exact) mass is 388 g/mol. The molecule has 146 valence electrons. The van der Waals surface area contributed by atoms with E-state index >= 15 is 0 Å². The number of hydrogen-bond donors (Lipinski definition) is 1. The topological polar surface area (TPSA) is 59.3 Å². The minimum absolute atomic E-state index is 0.0606. The molecule has 1 aromatic carbocycles. The zero-order valence-electron chi connectivity index (χ0n) is 15.0. The molecule has 0 unspecified atom stereocenters. The Kier molecular flexibility index (Phi) is 5.02. The van der Waals surface area contributed by atoms with Gasteiger partial charge in [-0.15, -0.1) is 0 Å². The molecule has 0 spiro atoms. The number of amides is 1. The molecule has 2 heterocycles. The maximum Gasteiger partial charge on any atom is 0.280 e. The molecule has 1 N–H and O–H groups in total. The molecule has 1 aliphatic carbocycles. The van der Waals surface area contributed by atoms with Gasteiger partial charge in [-0.1, -0.05) is 19.3 Å². The van der Waals surface area contributed by atoms with Crippen molar-refractivity contribution in [2.24, 2.45) is 0 Å². The molecule has 2 aromatic heterocycles. The van der Waals surface area contributed by atoms with Gasteiger partial charge in [0.05, 0.1) is 11.9 Å². The van der Waals surface area contributed by atoms with E-state index in [1.165, 1.54) is 36.5 Å². The van der Waals surface area contributed by atoms with Gasteiger partial charge in [0.25, 0.3) is 12.3 Å². The number of carbonyl (C=O) groups is 1. The average molecular weight is 388 g/mol. The molecule has 3 aromatic rings. The second-order valence-corrected chi connectivity index (χ2v) is 6.98. The molecule has 0 aliphatic heterocycles. The molecule has 28 heavy (non-hydrogen) atoms. The summed E-state index contributed by atoms with van der Waals surface area (Å²) in [6, 6.07) is 6.67. The fourth-order valence-corrected chi connectivity index (χ4v) is 3.58. The summed E-state index contributed by atoms with van der Waals surface area (Å²) in [6.45, 7) is 0. The molecule has 0 atom stereocenters. The Morgan fingerprint density at radius 3 is 2.54 bits per heavy atom. The van der Waals surface area contributed by atoms with Gasteiger partial charge in [0.1, 0.15) is 17.1 Å². The van der Waals surface area contributed by atoms with Gasteiger partial charge in [-0.2, -0.15) is 5.10 Å². The first-order chi connectivity index (χ1) is 13.5. The van der Waals surface area contributed by atoms with Crippen LogP contribution in [0.2, 0.25) is 0 Å². The first-order valence-electron chi connectivity index (χ1n) is 9.26. The van der Waals surface area contributed by atoms with Gasteiger partial charge >= 0.3 is 0 Å². The second kappa shape index (κ2) is 7.61. The van der Waals surface area contributed by atoms with E-state index in [1.807, 2.05) is 0 Å². The predicted octanol–water partition coefficient (Wildman–Crippen LogP) is 4.54. The van der Waals surface area contributed by atoms with Crippen LogP contribution < -0.4 is 5.32 Å². The summed E-state index contributed by atoms with van der Waals surface area (Å²) < 4.78 is 41.4. The lowest BCUT2D eigenvalue weighted by Gasteiger charge is -2.22. The summed E-state index contributed by atoms with van der Waals surface area (Å²) in [5.74, 6) is -0.804. The fourth-order valence-electron chi connectivity index (χ4n) is 3.58. The van der Waals surface area contributed by atoms with Gasteiger partial charge in [0, 0.05) is 11.6 Å². The van der Waals surface area contributed by atoms with Crippen molar-refractivity contribution in [1.82, 2.24) is 19.9 Å². The van der Waals surface area contributed by atoms with Crippen LogP contribution in [0.15, 0.2) is 36.5 Å². The van der Waals surface area contributed by atoms with E-state index < -0.39 is 12.2 Å². The Bertz CT molecular complexity index is 995. The minimum Gasteiger partial charge on any atom is -0.349 e. The minimum atomic E-state index is -2.81. The Labute approximate surface area is 159 Å². The molecule has 8 heteroatoms. The number of benzene rings is 1. The van der Waals surface area contributed by atoms with Crippen LogP contribution in [0.25, 0.3) is 16.9 Å². The Morgan fingerprint density at radius 2 is 1.86 bits per heavy atom. The van der Waals surface area contributed by atoms with Crippen molar-refractivity contribution in [3.05, 3.63) is 53.6 Å². The van der Waals surface area contributed by atoms with Crippen LogP contribution in [0, 0.1) is 5.82 Å². The van der Waals surface area contributed by atoms with E-state index in [2.05, 4.69) is 15.4 Å².